The van der Waals surface area contributed by atoms with Crippen molar-refractivity contribution in [1.82, 2.24) is 0 Å². The Morgan fingerprint density at radius 1 is 0.867 bits per heavy atom. The van der Waals surface area contributed by atoms with Crippen molar-refractivity contribution in [2.75, 3.05) is 27.2 Å². The van der Waals surface area contributed by atoms with Crippen LogP contribution in [-0.2, 0) is 10.0 Å². The predicted octanol–water partition coefficient (Wildman–Crippen LogP) is 3.79. The lowest BCUT2D eigenvalue weighted by Gasteiger charge is -2.17. The van der Waals surface area contributed by atoms with Gasteiger partial charge in [-0.3, -0.25) is 13.9 Å². The zero-order valence-electron chi connectivity index (χ0n) is 15.9. The lowest BCUT2D eigenvalue weighted by Crippen LogP contribution is -2.24. The van der Waals surface area contributed by atoms with Gasteiger partial charge >= 0.3 is 0 Å². The fourth-order valence-electron chi connectivity index (χ4n) is 3.15. The molecule has 1 aliphatic heterocycles. The number of sulfonamides is 1. The van der Waals surface area contributed by atoms with Gasteiger partial charge in [-0.1, -0.05) is 6.07 Å². The Bertz CT molecular complexity index is 1160. The van der Waals surface area contributed by atoms with Crippen molar-refractivity contribution in [2.45, 2.75) is 6.42 Å². The molecule has 3 aromatic rings. The summed E-state index contributed by atoms with van der Waals surface area (Å²) in [7, 11) is -3.23. The zero-order chi connectivity index (χ0) is 21.1. The maximum atomic E-state index is 12.5. The van der Waals surface area contributed by atoms with Gasteiger partial charge in [0.05, 0.1) is 16.3 Å². The summed E-state index contributed by atoms with van der Waals surface area (Å²) < 4.78 is 25.4. The molecule has 7 nitrogen and oxygen atoms in total. The molecule has 154 valence electrons. The molecule has 0 saturated carbocycles. The van der Waals surface area contributed by atoms with Gasteiger partial charge in [0.2, 0.25) is 10.0 Å². The Kier molecular flexibility index (Phi) is 5.56. The van der Waals surface area contributed by atoms with Crippen molar-refractivity contribution < 1.29 is 18.0 Å². The fourth-order valence-corrected chi connectivity index (χ4v) is 5.33. The highest BCUT2D eigenvalue weighted by Gasteiger charge is 2.28. The van der Waals surface area contributed by atoms with E-state index in [1.165, 1.54) is 15.6 Å². The quantitative estimate of drug-likeness (QED) is 0.630. The molecule has 0 atom stereocenters. The Labute approximate surface area is 178 Å². The van der Waals surface area contributed by atoms with Crippen LogP contribution in [0.5, 0.6) is 0 Å². The van der Waals surface area contributed by atoms with Crippen molar-refractivity contribution in [2.24, 2.45) is 0 Å². The molecule has 1 aromatic heterocycles. The van der Waals surface area contributed by atoms with Crippen LogP contribution in [-0.4, -0.2) is 32.5 Å². The molecule has 1 fully saturated rings. The maximum absolute atomic E-state index is 12.5. The predicted molar refractivity (Wildman–Crippen MR) is 119 cm³/mol. The first-order chi connectivity index (χ1) is 14.4. The van der Waals surface area contributed by atoms with Crippen molar-refractivity contribution in [3.05, 3.63) is 76.5 Å². The molecule has 0 aliphatic carbocycles. The molecule has 2 heterocycles. The van der Waals surface area contributed by atoms with Crippen LogP contribution in [0.4, 0.5) is 17.1 Å². The molecule has 1 saturated heterocycles. The standard InChI is InChI=1S/C21H19N3O4S2/c25-20(15-4-6-16(7-5-15)23-21(26)19-3-1-13-29-19)22-17-8-10-18(11-9-17)24-12-2-14-30(24,27)28/h1,3-11,13H,2,12,14H2,(H,22,25)(H,23,26). The van der Waals surface area contributed by atoms with E-state index in [0.717, 1.165) is 0 Å². The average molecular weight is 442 g/mol. The lowest BCUT2D eigenvalue weighted by molar-refractivity contribution is 0.102. The summed E-state index contributed by atoms with van der Waals surface area (Å²) in [5.41, 5.74) is 2.20. The number of thiophene rings is 1. The van der Waals surface area contributed by atoms with Gasteiger partial charge in [0, 0.05) is 23.5 Å². The number of rotatable bonds is 5. The van der Waals surface area contributed by atoms with Crippen LogP contribution in [0, 0.1) is 0 Å². The first-order valence-corrected chi connectivity index (χ1v) is 11.8. The number of nitrogens with one attached hydrogen (secondary N) is 2. The van der Waals surface area contributed by atoms with Gasteiger partial charge in [0.15, 0.2) is 0 Å². The third-order valence-corrected chi connectivity index (χ3v) is 7.40. The minimum Gasteiger partial charge on any atom is -0.322 e. The Balaban J connectivity index is 1.38. The molecule has 2 amide bonds. The summed E-state index contributed by atoms with van der Waals surface area (Å²) in [6.45, 7) is 0.476. The molecule has 9 heteroatoms. The number of carbonyl (C=O) groups excluding carboxylic acids is 2. The second kappa shape index (κ2) is 8.29. The molecule has 0 spiro atoms. The number of nitrogens with zero attached hydrogens (tertiary/aromatic N) is 1. The third kappa shape index (κ3) is 4.37. The van der Waals surface area contributed by atoms with Crippen LogP contribution < -0.4 is 14.9 Å². The van der Waals surface area contributed by atoms with E-state index >= 15 is 0 Å². The molecule has 0 radical (unpaired) electrons. The number of anilines is 3. The molecule has 2 aromatic carbocycles. The van der Waals surface area contributed by atoms with Crippen molar-refractivity contribution >= 4 is 50.2 Å². The second-order valence-corrected chi connectivity index (χ2v) is 9.71. The summed E-state index contributed by atoms with van der Waals surface area (Å²) in [5.74, 6) is -0.329. The van der Waals surface area contributed by atoms with E-state index in [-0.39, 0.29) is 17.6 Å². The minimum atomic E-state index is -3.23. The number of amides is 2. The first kappa shape index (κ1) is 20.1. The number of carbonyl (C=O) groups is 2. The van der Waals surface area contributed by atoms with Crippen molar-refractivity contribution in [1.29, 1.82) is 0 Å². The monoisotopic (exact) mass is 441 g/mol. The topological polar surface area (TPSA) is 95.6 Å². The smallest absolute Gasteiger partial charge is 0.265 e. The van der Waals surface area contributed by atoms with E-state index in [4.69, 9.17) is 0 Å². The van der Waals surface area contributed by atoms with Crippen LogP contribution in [0.15, 0.2) is 66.0 Å². The lowest BCUT2D eigenvalue weighted by atomic mass is 10.2. The molecule has 4 rings (SSSR count). The van der Waals surface area contributed by atoms with Gasteiger partial charge in [-0.25, -0.2) is 8.42 Å². The van der Waals surface area contributed by atoms with E-state index in [0.29, 0.717) is 40.5 Å². The average Bonchev–Trinajstić information content (AvgIpc) is 3.39. The van der Waals surface area contributed by atoms with Crippen molar-refractivity contribution in [3.8, 4) is 0 Å². The maximum Gasteiger partial charge on any atom is 0.265 e. The molecule has 30 heavy (non-hydrogen) atoms. The highest BCUT2D eigenvalue weighted by Crippen LogP contribution is 2.25. The SMILES string of the molecule is O=C(Nc1ccc(N2CCCS2(=O)=O)cc1)c1ccc(NC(=O)c2cccs2)cc1. The Hall–Kier alpha value is -3.17. The normalized spacial score (nSPS) is 15.0. The molecular formula is C21H19N3O4S2. The summed E-state index contributed by atoms with van der Waals surface area (Å²) in [6.07, 6.45) is 0.616. The molecule has 0 bridgehead atoms. The van der Waals surface area contributed by atoms with E-state index in [1.54, 1.807) is 54.6 Å². The van der Waals surface area contributed by atoms with E-state index in [9.17, 15) is 18.0 Å². The van der Waals surface area contributed by atoms with Gasteiger partial charge in [0.25, 0.3) is 11.8 Å². The van der Waals surface area contributed by atoms with Crippen LogP contribution in [0.1, 0.15) is 26.5 Å². The summed E-state index contributed by atoms with van der Waals surface area (Å²) in [6, 6.07) is 16.9. The molecule has 1 aliphatic rings. The van der Waals surface area contributed by atoms with Crippen LogP contribution in [0.3, 0.4) is 0 Å². The second-order valence-electron chi connectivity index (χ2n) is 6.75. The number of hydrogen-bond acceptors (Lipinski definition) is 5. The summed E-state index contributed by atoms with van der Waals surface area (Å²) >= 11 is 1.36. The third-order valence-electron chi connectivity index (χ3n) is 4.66. The zero-order valence-corrected chi connectivity index (χ0v) is 17.5. The molecular weight excluding hydrogens is 422 g/mol. The van der Waals surface area contributed by atoms with Crippen molar-refractivity contribution in [3.63, 3.8) is 0 Å². The summed E-state index contributed by atoms with van der Waals surface area (Å²) in [4.78, 5) is 25.2. The van der Waals surface area contributed by atoms with E-state index in [2.05, 4.69) is 10.6 Å². The summed E-state index contributed by atoms with van der Waals surface area (Å²) in [5, 5.41) is 7.40. The van der Waals surface area contributed by atoms with Gasteiger partial charge in [-0.2, -0.15) is 0 Å². The van der Waals surface area contributed by atoms with E-state index < -0.39 is 10.0 Å². The van der Waals surface area contributed by atoms with Crippen LogP contribution in [0.25, 0.3) is 0 Å². The van der Waals surface area contributed by atoms with Crippen LogP contribution >= 0.6 is 11.3 Å². The minimum absolute atomic E-state index is 0.162. The van der Waals surface area contributed by atoms with Gasteiger partial charge in [0.1, 0.15) is 0 Å². The largest absolute Gasteiger partial charge is 0.322 e. The van der Waals surface area contributed by atoms with Gasteiger partial charge in [-0.05, 0) is 66.4 Å². The van der Waals surface area contributed by atoms with Crippen LogP contribution in [0.2, 0.25) is 0 Å². The fraction of sp³-hybridized carbons (Fsp3) is 0.143. The number of hydrogen-bond donors (Lipinski definition) is 2. The highest BCUT2D eigenvalue weighted by atomic mass is 32.2. The van der Waals surface area contributed by atoms with Gasteiger partial charge in [-0.15, -0.1) is 11.3 Å². The molecule has 0 unspecified atom stereocenters. The van der Waals surface area contributed by atoms with Gasteiger partial charge < -0.3 is 10.6 Å². The first-order valence-electron chi connectivity index (χ1n) is 9.29. The Morgan fingerprint density at radius 2 is 1.50 bits per heavy atom. The Morgan fingerprint density at radius 3 is 2.07 bits per heavy atom. The van der Waals surface area contributed by atoms with E-state index in [1.807, 2.05) is 11.4 Å². The molecule has 2 N–H and O–H groups in total. The number of benzene rings is 2. The highest BCUT2D eigenvalue weighted by molar-refractivity contribution is 7.93.